The highest BCUT2D eigenvalue weighted by molar-refractivity contribution is 8.00. The molecule has 1 saturated carbocycles. The maximum absolute atomic E-state index is 6.10. The van der Waals surface area contributed by atoms with Gasteiger partial charge in [-0.25, -0.2) is 9.97 Å². The van der Waals surface area contributed by atoms with Crippen molar-refractivity contribution in [1.29, 1.82) is 0 Å². The monoisotopic (exact) mass is 309 g/mol. The highest BCUT2D eigenvalue weighted by Crippen LogP contribution is 2.42. The van der Waals surface area contributed by atoms with Gasteiger partial charge < -0.3 is 4.57 Å². The average Bonchev–Trinajstić information content (AvgIpc) is 3.04. The standard InChI is InChI=1S/C15H20ClN3S/c1-11-7-12-14(17-9-11)19(13(8-16)18-12)10-15(20-2)5-3-4-6-15/h7,9H,3-6,8,10H2,1-2H3. The van der Waals surface area contributed by atoms with E-state index in [0.717, 1.165) is 29.1 Å². The van der Waals surface area contributed by atoms with Crippen molar-refractivity contribution in [1.82, 2.24) is 14.5 Å². The fraction of sp³-hybridized carbons (Fsp3) is 0.600. The van der Waals surface area contributed by atoms with E-state index in [4.69, 9.17) is 11.6 Å². The summed E-state index contributed by atoms with van der Waals surface area (Å²) < 4.78 is 2.57. The Morgan fingerprint density at radius 2 is 2.15 bits per heavy atom. The van der Waals surface area contributed by atoms with E-state index in [1.807, 2.05) is 24.9 Å². The van der Waals surface area contributed by atoms with Crippen molar-refractivity contribution in [2.24, 2.45) is 0 Å². The fourth-order valence-corrected chi connectivity index (χ4v) is 4.32. The molecule has 0 unspecified atom stereocenters. The molecule has 108 valence electrons. The third-order valence-electron chi connectivity index (χ3n) is 4.31. The van der Waals surface area contributed by atoms with E-state index in [1.165, 1.54) is 25.7 Å². The molecule has 0 aliphatic heterocycles. The van der Waals surface area contributed by atoms with Crippen molar-refractivity contribution < 1.29 is 0 Å². The van der Waals surface area contributed by atoms with Crippen LogP contribution < -0.4 is 0 Å². The maximum Gasteiger partial charge on any atom is 0.160 e. The van der Waals surface area contributed by atoms with E-state index in [1.54, 1.807) is 0 Å². The molecular weight excluding hydrogens is 290 g/mol. The van der Waals surface area contributed by atoms with Gasteiger partial charge in [-0.05, 0) is 37.7 Å². The van der Waals surface area contributed by atoms with Gasteiger partial charge in [-0.1, -0.05) is 12.8 Å². The molecule has 0 N–H and O–H groups in total. The van der Waals surface area contributed by atoms with Gasteiger partial charge in [-0.3, -0.25) is 0 Å². The van der Waals surface area contributed by atoms with E-state index in [0.29, 0.717) is 10.6 Å². The Morgan fingerprint density at radius 3 is 2.80 bits per heavy atom. The minimum atomic E-state index is 0.334. The molecule has 0 spiro atoms. The zero-order valence-corrected chi connectivity index (χ0v) is 13.6. The summed E-state index contributed by atoms with van der Waals surface area (Å²) in [6, 6.07) is 2.09. The van der Waals surface area contributed by atoms with Crippen molar-refractivity contribution in [3.8, 4) is 0 Å². The highest BCUT2D eigenvalue weighted by atomic mass is 35.5. The molecule has 0 atom stereocenters. The Kier molecular flexibility index (Phi) is 3.95. The number of imidazole rings is 1. The normalized spacial score (nSPS) is 17.9. The molecule has 2 aromatic rings. The molecule has 3 rings (SSSR count). The van der Waals surface area contributed by atoms with E-state index < -0.39 is 0 Å². The molecular formula is C15H20ClN3S. The summed E-state index contributed by atoms with van der Waals surface area (Å²) in [6.45, 7) is 3.02. The van der Waals surface area contributed by atoms with Crippen LogP contribution in [0.5, 0.6) is 0 Å². The average molecular weight is 310 g/mol. The van der Waals surface area contributed by atoms with Crippen molar-refractivity contribution in [2.45, 2.75) is 49.8 Å². The highest BCUT2D eigenvalue weighted by Gasteiger charge is 2.34. The predicted molar refractivity (Wildman–Crippen MR) is 86.5 cm³/mol. The van der Waals surface area contributed by atoms with Gasteiger partial charge in [0.2, 0.25) is 0 Å². The summed E-state index contributed by atoms with van der Waals surface area (Å²) >= 11 is 8.09. The number of rotatable bonds is 4. The number of pyridine rings is 1. The van der Waals surface area contributed by atoms with Crippen molar-refractivity contribution in [2.75, 3.05) is 6.26 Å². The maximum atomic E-state index is 6.10. The van der Waals surface area contributed by atoms with Crippen molar-refractivity contribution in [3.05, 3.63) is 23.7 Å². The third kappa shape index (κ3) is 2.44. The molecule has 0 aromatic carbocycles. The summed E-state index contributed by atoms with van der Waals surface area (Å²) in [6.07, 6.45) is 9.36. The second kappa shape index (κ2) is 5.57. The molecule has 1 fully saturated rings. The summed E-state index contributed by atoms with van der Waals surface area (Å²) in [5, 5.41) is 0. The zero-order chi connectivity index (χ0) is 14.2. The van der Waals surface area contributed by atoms with E-state index in [9.17, 15) is 0 Å². The van der Waals surface area contributed by atoms with Gasteiger partial charge in [0.05, 0.1) is 5.88 Å². The molecule has 2 aromatic heterocycles. The summed E-state index contributed by atoms with van der Waals surface area (Å²) in [5.74, 6) is 1.39. The van der Waals surface area contributed by atoms with Crippen LogP contribution in [0.15, 0.2) is 12.3 Å². The van der Waals surface area contributed by atoms with Crippen molar-refractivity contribution >= 4 is 34.5 Å². The van der Waals surface area contributed by atoms with Crippen LogP contribution in [0, 0.1) is 6.92 Å². The van der Waals surface area contributed by atoms with Gasteiger partial charge in [0.25, 0.3) is 0 Å². The zero-order valence-electron chi connectivity index (χ0n) is 12.0. The molecule has 0 radical (unpaired) electrons. The first-order valence-corrected chi connectivity index (χ1v) is 8.86. The number of hydrogen-bond acceptors (Lipinski definition) is 3. The molecule has 0 amide bonds. The second-order valence-electron chi connectivity index (χ2n) is 5.70. The van der Waals surface area contributed by atoms with Crippen LogP contribution in [-0.4, -0.2) is 25.5 Å². The molecule has 5 heteroatoms. The van der Waals surface area contributed by atoms with E-state index in [2.05, 4.69) is 26.9 Å². The first-order valence-electron chi connectivity index (χ1n) is 7.10. The molecule has 0 saturated heterocycles. The van der Waals surface area contributed by atoms with Crippen LogP contribution in [0.3, 0.4) is 0 Å². The second-order valence-corrected chi connectivity index (χ2v) is 7.24. The number of aromatic nitrogens is 3. The van der Waals surface area contributed by atoms with Crippen LogP contribution in [0.2, 0.25) is 0 Å². The Hall–Kier alpha value is -0.740. The number of nitrogens with zero attached hydrogens (tertiary/aromatic N) is 3. The lowest BCUT2D eigenvalue weighted by Crippen LogP contribution is -2.27. The number of halogens is 1. The van der Waals surface area contributed by atoms with Crippen LogP contribution in [0.1, 0.15) is 37.1 Å². The van der Waals surface area contributed by atoms with E-state index in [-0.39, 0.29) is 0 Å². The lowest BCUT2D eigenvalue weighted by molar-refractivity contribution is 0.503. The van der Waals surface area contributed by atoms with Gasteiger partial charge in [-0.2, -0.15) is 11.8 Å². The van der Waals surface area contributed by atoms with E-state index >= 15 is 0 Å². The first-order chi connectivity index (χ1) is 9.67. The minimum absolute atomic E-state index is 0.334. The lowest BCUT2D eigenvalue weighted by atomic mass is 10.1. The Balaban J connectivity index is 2.05. The van der Waals surface area contributed by atoms with Crippen LogP contribution >= 0.6 is 23.4 Å². The van der Waals surface area contributed by atoms with Gasteiger partial charge >= 0.3 is 0 Å². The van der Waals surface area contributed by atoms with Gasteiger partial charge in [-0.15, -0.1) is 11.6 Å². The number of aryl methyl sites for hydroxylation is 1. The summed E-state index contributed by atoms with van der Waals surface area (Å²) in [7, 11) is 0. The molecule has 0 bridgehead atoms. The first kappa shape index (κ1) is 14.2. The summed E-state index contributed by atoms with van der Waals surface area (Å²) in [5.41, 5.74) is 3.09. The topological polar surface area (TPSA) is 30.7 Å². The molecule has 3 nitrogen and oxygen atoms in total. The van der Waals surface area contributed by atoms with Gasteiger partial charge in [0.15, 0.2) is 5.65 Å². The van der Waals surface area contributed by atoms with Gasteiger partial charge in [0, 0.05) is 17.5 Å². The third-order valence-corrected chi connectivity index (χ3v) is 5.96. The largest absolute Gasteiger partial charge is 0.310 e. The molecule has 20 heavy (non-hydrogen) atoms. The summed E-state index contributed by atoms with van der Waals surface area (Å²) in [4.78, 5) is 9.25. The quantitative estimate of drug-likeness (QED) is 0.795. The van der Waals surface area contributed by atoms with Gasteiger partial charge in [0.1, 0.15) is 11.3 Å². The lowest BCUT2D eigenvalue weighted by Gasteiger charge is -2.28. The molecule has 1 aliphatic carbocycles. The van der Waals surface area contributed by atoms with Crippen LogP contribution in [0.4, 0.5) is 0 Å². The SMILES string of the molecule is CSC1(Cn2c(CCl)nc3cc(C)cnc32)CCCC1. The molecule has 1 aliphatic rings. The van der Waals surface area contributed by atoms with Crippen LogP contribution in [0.25, 0.3) is 11.2 Å². The Labute approximate surface area is 129 Å². The van der Waals surface area contributed by atoms with Crippen molar-refractivity contribution in [3.63, 3.8) is 0 Å². The number of alkyl halides is 1. The predicted octanol–water partition coefficient (Wildman–Crippen LogP) is 4.15. The van der Waals surface area contributed by atoms with Crippen LogP contribution in [-0.2, 0) is 12.4 Å². The fourth-order valence-electron chi connectivity index (χ4n) is 3.16. The number of thioether (sulfide) groups is 1. The Morgan fingerprint density at radius 1 is 1.40 bits per heavy atom. The Bertz CT molecular complexity index is 617. The minimum Gasteiger partial charge on any atom is -0.310 e. The number of hydrogen-bond donors (Lipinski definition) is 0. The molecule has 2 heterocycles. The number of fused-ring (bicyclic) bond motifs is 1. The smallest absolute Gasteiger partial charge is 0.160 e.